The third kappa shape index (κ3) is 5.72. The maximum Gasteiger partial charge on any atom is 0.0227 e. The first-order chi connectivity index (χ1) is 14.1. The molecule has 1 aliphatic heterocycles. The van der Waals surface area contributed by atoms with Gasteiger partial charge in [0.2, 0.25) is 0 Å². The highest BCUT2D eigenvalue weighted by atomic mass is 15.3. The highest BCUT2D eigenvalue weighted by Crippen LogP contribution is 2.44. The first-order valence-corrected chi connectivity index (χ1v) is 11.4. The minimum Gasteiger partial charge on any atom is -0.311 e. The SMILES string of the molecule is CC(C)(C)NCC1c2ccccc2-c2ccccc21.CN1CCN(C(C)(C)C)CC1. The Hall–Kier alpha value is -1.68. The average molecular weight is 408 g/mol. The molecule has 1 N–H and O–H groups in total. The van der Waals surface area contributed by atoms with Crippen LogP contribution >= 0.6 is 0 Å². The molecule has 1 heterocycles. The molecule has 0 amide bonds. The molecule has 1 aliphatic carbocycles. The lowest BCUT2D eigenvalue weighted by Crippen LogP contribution is -2.52. The van der Waals surface area contributed by atoms with Crippen molar-refractivity contribution in [3.05, 3.63) is 59.7 Å². The van der Waals surface area contributed by atoms with E-state index in [1.165, 1.54) is 48.4 Å². The first-order valence-electron chi connectivity index (χ1n) is 11.4. The maximum absolute atomic E-state index is 3.65. The molecule has 4 rings (SSSR count). The van der Waals surface area contributed by atoms with Gasteiger partial charge >= 0.3 is 0 Å². The number of fused-ring (bicyclic) bond motifs is 3. The Labute approximate surface area is 184 Å². The summed E-state index contributed by atoms with van der Waals surface area (Å²) < 4.78 is 0. The molecule has 0 unspecified atom stereocenters. The molecule has 30 heavy (non-hydrogen) atoms. The van der Waals surface area contributed by atoms with Crippen molar-refractivity contribution in [3.8, 4) is 11.1 Å². The van der Waals surface area contributed by atoms with Gasteiger partial charge in [-0.3, -0.25) is 4.90 Å². The maximum atomic E-state index is 3.65. The van der Waals surface area contributed by atoms with Crippen LogP contribution in [0.15, 0.2) is 48.5 Å². The van der Waals surface area contributed by atoms with Crippen LogP contribution in [-0.2, 0) is 0 Å². The predicted octanol–water partition coefficient (Wildman–Crippen LogP) is 5.22. The second kappa shape index (κ2) is 9.21. The summed E-state index contributed by atoms with van der Waals surface area (Å²) in [6.45, 7) is 19.4. The monoisotopic (exact) mass is 407 g/mol. The Kier molecular flexibility index (Phi) is 7.06. The van der Waals surface area contributed by atoms with Crippen molar-refractivity contribution in [2.75, 3.05) is 39.8 Å². The van der Waals surface area contributed by atoms with Gasteiger partial charge in [-0.1, -0.05) is 48.5 Å². The second-order valence-electron chi connectivity index (χ2n) is 10.8. The molecular weight excluding hydrogens is 366 g/mol. The van der Waals surface area contributed by atoms with Crippen molar-refractivity contribution in [2.45, 2.75) is 58.5 Å². The topological polar surface area (TPSA) is 18.5 Å². The molecule has 2 aromatic carbocycles. The molecule has 3 heteroatoms. The molecule has 1 fully saturated rings. The number of likely N-dealkylation sites (N-methyl/N-ethyl adjacent to an activating group) is 1. The van der Waals surface area contributed by atoms with Crippen molar-refractivity contribution >= 4 is 0 Å². The number of hydrogen-bond acceptors (Lipinski definition) is 3. The average Bonchev–Trinajstić information content (AvgIpc) is 3.00. The normalized spacial score (nSPS) is 17.8. The fraction of sp³-hybridized carbons (Fsp3) is 0.556. The number of nitrogens with one attached hydrogen (secondary N) is 1. The molecule has 164 valence electrons. The molecule has 2 aromatic rings. The van der Waals surface area contributed by atoms with Crippen LogP contribution in [0.1, 0.15) is 58.6 Å². The standard InChI is InChI=1S/C18H21N.C9H20N2/c1-18(2,3)19-12-17-15-10-6-4-8-13(15)14-9-5-7-11-16(14)17;1-9(2,3)11-7-5-10(4)6-8-11/h4-11,17,19H,12H2,1-3H3;5-8H2,1-4H3. The minimum atomic E-state index is 0.159. The number of piperazine rings is 1. The number of hydrogen-bond donors (Lipinski definition) is 1. The lowest BCUT2D eigenvalue weighted by atomic mass is 9.95. The Bertz CT molecular complexity index is 775. The van der Waals surface area contributed by atoms with Crippen LogP contribution < -0.4 is 5.32 Å². The number of benzene rings is 2. The summed E-state index contributed by atoms with van der Waals surface area (Å²) in [5.41, 5.74) is 6.24. The van der Waals surface area contributed by atoms with Gasteiger partial charge in [-0.05, 0) is 70.8 Å². The predicted molar refractivity (Wildman–Crippen MR) is 130 cm³/mol. The summed E-state index contributed by atoms with van der Waals surface area (Å²) in [7, 11) is 2.19. The van der Waals surface area contributed by atoms with E-state index < -0.39 is 0 Å². The van der Waals surface area contributed by atoms with Gasteiger partial charge in [0.15, 0.2) is 0 Å². The van der Waals surface area contributed by atoms with Gasteiger partial charge in [0.1, 0.15) is 0 Å². The molecule has 0 bridgehead atoms. The summed E-state index contributed by atoms with van der Waals surface area (Å²) in [4.78, 5) is 4.94. The smallest absolute Gasteiger partial charge is 0.0227 e. The van der Waals surface area contributed by atoms with Crippen molar-refractivity contribution in [3.63, 3.8) is 0 Å². The van der Waals surface area contributed by atoms with Crippen molar-refractivity contribution in [2.24, 2.45) is 0 Å². The Balaban J connectivity index is 0.000000199. The third-order valence-electron chi connectivity index (χ3n) is 6.25. The zero-order valence-electron chi connectivity index (χ0n) is 20.1. The minimum absolute atomic E-state index is 0.159. The van der Waals surface area contributed by atoms with Gasteiger partial charge in [-0.25, -0.2) is 0 Å². The molecule has 3 nitrogen and oxygen atoms in total. The second-order valence-corrected chi connectivity index (χ2v) is 10.8. The molecule has 0 saturated carbocycles. The van der Waals surface area contributed by atoms with Crippen LogP contribution in [0.4, 0.5) is 0 Å². The fourth-order valence-electron chi connectivity index (χ4n) is 4.37. The van der Waals surface area contributed by atoms with Crippen molar-refractivity contribution in [1.29, 1.82) is 0 Å². The number of nitrogens with zero attached hydrogens (tertiary/aromatic N) is 2. The van der Waals surface area contributed by atoms with Gasteiger partial charge < -0.3 is 10.2 Å². The zero-order chi connectivity index (χ0) is 21.9. The quantitative estimate of drug-likeness (QED) is 0.736. The highest BCUT2D eigenvalue weighted by Gasteiger charge is 2.28. The van der Waals surface area contributed by atoms with Crippen LogP contribution in [0, 0.1) is 0 Å². The van der Waals surface area contributed by atoms with E-state index >= 15 is 0 Å². The van der Waals surface area contributed by atoms with E-state index in [1.807, 2.05) is 0 Å². The van der Waals surface area contributed by atoms with E-state index in [4.69, 9.17) is 0 Å². The van der Waals surface area contributed by atoms with Crippen LogP contribution in [0.25, 0.3) is 11.1 Å². The molecule has 0 radical (unpaired) electrons. The Morgan fingerprint density at radius 2 is 1.23 bits per heavy atom. The summed E-state index contributed by atoms with van der Waals surface area (Å²) in [6.07, 6.45) is 0. The van der Waals surface area contributed by atoms with Crippen LogP contribution in [0.3, 0.4) is 0 Å². The fourth-order valence-corrected chi connectivity index (χ4v) is 4.37. The summed E-state index contributed by atoms with van der Waals surface area (Å²) >= 11 is 0. The van der Waals surface area contributed by atoms with Crippen LogP contribution in [0.5, 0.6) is 0 Å². The molecule has 0 aromatic heterocycles. The molecule has 0 spiro atoms. The van der Waals surface area contributed by atoms with Gasteiger partial charge in [-0.2, -0.15) is 0 Å². The van der Waals surface area contributed by atoms with Gasteiger partial charge in [0.25, 0.3) is 0 Å². The van der Waals surface area contributed by atoms with E-state index in [0.717, 1.165) is 6.54 Å². The molecule has 1 saturated heterocycles. The molecule has 2 aliphatic rings. The largest absolute Gasteiger partial charge is 0.311 e. The van der Waals surface area contributed by atoms with E-state index in [0.29, 0.717) is 11.5 Å². The van der Waals surface area contributed by atoms with Crippen molar-refractivity contribution in [1.82, 2.24) is 15.1 Å². The number of rotatable bonds is 2. The summed E-state index contributed by atoms with van der Waals surface area (Å²) in [6, 6.07) is 17.6. The Morgan fingerprint density at radius 1 is 0.767 bits per heavy atom. The van der Waals surface area contributed by atoms with E-state index in [-0.39, 0.29) is 5.54 Å². The van der Waals surface area contributed by atoms with E-state index in [1.54, 1.807) is 0 Å². The van der Waals surface area contributed by atoms with E-state index in [9.17, 15) is 0 Å². The lowest BCUT2D eigenvalue weighted by molar-refractivity contribution is 0.0735. The molecular formula is C27H41N3. The molecule has 0 atom stereocenters. The zero-order valence-corrected chi connectivity index (χ0v) is 20.1. The Morgan fingerprint density at radius 3 is 1.67 bits per heavy atom. The third-order valence-corrected chi connectivity index (χ3v) is 6.25. The lowest BCUT2D eigenvalue weighted by Gasteiger charge is -2.41. The van der Waals surface area contributed by atoms with Gasteiger partial charge in [0, 0.05) is 49.7 Å². The summed E-state index contributed by atoms with van der Waals surface area (Å²) in [5, 5.41) is 3.65. The van der Waals surface area contributed by atoms with Gasteiger partial charge in [0.05, 0.1) is 0 Å². The van der Waals surface area contributed by atoms with Crippen molar-refractivity contribution < 1.29 is 0 Å². The van der Waals surface area contributed by atoms with E-state index in [2.05, 4.69) is 112 Å². The van der Waals surface area contributed by atoms with Crippen LogP contribution in [-0.4, -0.2) is 60.6 Å². The van der Waals surface area contributed by atoms with Gasteiger partial charge in [-0.15, -0.1) is 0 Å². The highest BCUT2D eigenvalue weighted by molar-refractivity contribution is 5.78. The van der Waals surface area contributed by atoms with Crippen LogP contribution in [0.2, 0.25) is 0 Å². The summed E-state index contributed by atoms with van der Waals surface area (Å²) in [5.74, 6) is 0.478. The first kappa shape index (κ1) is 23.0.